The molecule has 5 nitrogen and oxygen atoms in total. The summed E-state index contributed by atoms with van der Waals surface area (Å²) in [4.78, 5) is 4.12. The van der Waals surface area contributed by atoms with Crippen LogP contribution in [0.3, 0.4) is 0 Å². The normalized spacial score (nSPS) is 10.4. The Balaban J connectivity index is 2.18. The quantitative estimate of drug-likeness (QED) is 0.720. The Morgan fingerprint density at radius 1 is 0.941 bits per heavy atom. The third-order valence-corrected chi connectivity index (χ3v) is 2.49. The van der Waals surface area contributed by atoms with Crippen molar-refractivity contribution in [3.63, 3.8) is 0 Å². The molecule has 2 heterocycles. The van der Waals surface area contributed by atoms with Gasteiger partial charge in [-0.15, -0.1) is 10.2 Å². The number of tetrazole rings is 1. The largest absolute Gasteiger partial charge is 0.264 e. The number of hydrogen-bond donors (Lipinski definition) is 1. The average molecular weight is 223 g/mol. The fourth-order valence-electron chi connectivity index (χ4n) is 1.73. The monoisotopic (exact) mass is 223 g/mol. The van der Waals surface area contributed by atoms with E-state index in [2.05, 4.69) is 25.6 Å². The van der Waals surface area contributed by atoms with Crippen LogP contribution < -0.4 is 0 Å². The van der Waals surface area contributed by atoms with E-state index < -0.39 is 0 Å². The Labute approximate surface area is 97.5 Å². The minimum atomic E-state index is 0.587. The molecule has 0 aliphatic heterocycles. The topological polar surface area (TPSA) is 67.3 Å². The molecule has 3 aromatic rings. The van der Waals surface area contributed by atoms with E-state index in [1.165, 1.54) is 0 Å². The van der Waals surface area contributed by atoms with Crippen molar-refractivity contribution in [3.05, 3.63) is 48.8 Å². The van der Waals surface area contributed by atoms with Gasteiger partial charge in [0.15, 0.2) is 0 Å². The van der Waals surface area contributed by atoms with Crippen LogP contribution in [0.1, 0.15) is 0 Å². The van der Waals surface area contributed by atoms with Crippen molar-refractivity contribution in [2.75, 3.05) is 0 Å². The molecule has 0 spiro atoms. The number of hydrogen-bond acceptors (Lipinski definition) is 4. The lowest BCUT2D eigenvalue weighted by molar-refractivity contribution is 0.881. The standard InChI is InChI=1S/C12H9N5/c1-2-6-11(12-14-16-17-15-12)10(5-1)9-4-3-7-13-8-9/h1-8H,(H,14,15,16,17). The van der Waals surface area contributed by atoms with Crippen LogP contribution in [0.5, 0.6) is 0 Å². The predicted molar refractivity (Wildman–Crippen MR) is 62.8 cm³/mol. The highest BCUT2D eigenvalue weighted by molar-refractivity contribution is 5.79. The molecule has 1 N–H and O–H groups in total. The van der Waals surface area contributed by atoms with E-state index in [0.29, 0.717) is 5.82 Å². The van der Waals surface area contributed by atoms with E-state index in [0.717, 1.165) is 16.7 Å². The van der Waals surface area contributed by atoms with Crippen LogP contribution in [0.4, 0.5) is 0 Å². The van der Waals surface area contributed by atoms with Crippen LogP contribution in [-0.4, -0.2) is 25.6 Å². The molecule has 0 atom stereocenters. The highest BCUT2D eigenvalue weighted by Crippen LogP contribution is 2.28. The second kappa shape index (κ2) is 4.13. The summed E-state index contributed by atoms with van der Waals surface area (Å²) in [6.07, 6.45) is 3.57. The van der Waals surface area contributed by atoms with Gasteiger partial charge in [-0.3, -0.25) is 4.98 Å². The molecule has 2 aromatic heterocycles. The molecule has 0 aliphatic carbocycles. The summed E-state index contributed by atoms with van der Waals surface area (Å²) in [6, 6.07) is 11.8. The van der Waals surface area contributed by atoms with Gasteiger partial charge in [-0.2, -0.15) is 5.21 Å². The molecule has 82 valence electrons. The van der Waals surface area contributed by atoms with Crippen molar-refractivity contribution in [1.29, 1.82) is 0 Å². The van der Waals surface area contributed by atoms with Crippen molar-refractivity contribution < 1.29 is 0 Å². The summed E-state index contributed by atoms with van der Waals surface area (Å²) in [5.74, 6) is 0.587. The molecule has 0 aliphatic rings. The zero-order chi connectivity index (χ0) is 11.5. The highest BCUT2D eigenvalue weighted by Gasteiger charge is 2.09. The molecular weight excluding hydrogens is 214 g/mol. The third kappa shape index (κ3) is 1.78. The van der Waals surface area contributed by atoms with Gasteiger partial charge < -0.3 is 0 Å². The van der Waals surface area contributed by atoms with Gasteiger partial charge in [0.05, 0.1) is 0 Å². The van der Waals surface area contributed by atoms with Crippen molar-refractivity contribution in [2.24, 2.45) is 0 Å². The molecule has 0 radical (unpaired) electrons. The van der Waals surface area contributed by atoms with Crippen LogP contribution in [-0.2, 0) is 0 Å². The molecule has 0 bridgehead atoms. The van der Waals surface area contributed by atoms with E-state index >= 15 is 0 Å². The zero-order valence-electron chi connectivity index (χ0n) is 8.91. The lowest BCUT2D eigenvalue weighted by atomic mass is 10.0. The molecule has 0 saturated carbocycles. The Morgan fingerprint density at radius 2 is 1.82 bits per heavy atom. The zero-order valence-corrected chi connectivity index (χ0v) is 8.91. The number of nitrogens with one attached hydrogen (secondary N) is 1. The summed E-state index contributed by atoms with van der Waals surface area (Å²) in [6.45, 7) is 0. The van der Waals surface area contributed by atoms with Gasteiger partial charge in [0.2, 0.25) is 5.82 Å². The summed E-state index contributed by atoms with van der Waals surface area (Å²) in [5.41, 5.74) is 3.02. The first-order valence-corrected chi connectivity index (χ1v) is 5.18. The first kappa shape index (κ1) is 9.65. The maximum Gasteiger partial charge on any atom is 0.205 e. The number of aromatic amines is 1. The summed E-state index contributed by atoms with van der Waals surface area (Å²) >= 11 is 0. The molecule has 0 saturated heterocycles. The maximum atomic E-state index is 4.12. The Bertz CT molecular complexity index is 604. The van der Waals surface area contributed by atoms with Crippen LogP contribution in [0.25, 0.3) is 22.5 Å². The number of nitrogens with zero attached hydrogens (tertiary/aromatic N) is 4. The van der Waals surface area contributed by atoms with Gasteiger partial charge in [0.1, 0.15) is 0 Å². The third-order valence-electron chi connectivity index (χ3n) is 2.49. The second-order valence-electron chi connectivity index (χ2n) is 3.52. The van der Waals surface area contributed by atoms with Crippen molar-refractivity contribution >= 4 is 0 Å². The lowest BCUT2D eigenvalue weighted by Crippen LogP contribution is -1.87. The van der Waals surface area contributed by atoms with Gasteiger partial charge in [-0.25, -0.2) is 0 Å². The number of H-pyrrole nitrogens is 1. The molecule has 0 unspecified atom stereocenters. The number of pyridine rings is 1. The van der Waals surface area contributed by atoms with E-state index in [1.54, 1.807) is 6.20 Å². The predicted octanol–water partition coefficient (Wildman–Crippen LogP) is 1.93. The highest BCUT2D eigenvalue weighted by atomic mass is 15.5. The molecule has 17 heavy (non-hydrogen) atoms. The molecule has 5 heteroatoms. The van der Waals surface area contributed by atoms with Gasteiger partial charge in [-0.1, -0.05) is 30.3 Å². The summed E-state index contributed by atoms with van der Waals surface area (Å²) < 4.78 is 0. The number of benzene rings is 1. The second-order valence-corrected chi connectivity index (χ2v) is 3.52. The van der Waals surface area contributed by atoms with Crippen molar-refractivity contribution in [3.8, 4) is 22.5 Å². The van der Waals surface area contributed by atoms with E-state index in [4.69, 9.17) is 0 Å². The van der Waals surface area contributed by atoms with Gasteiger partial charge in [-0.05, 0) is 16.8 Å². The van der Waals surface area contributed by atoms with Crippen molar-refractivity contribution in [2.45, 2.75) is 0 Å². The van der Waals surface area contributed by atoms with Gasteiger partial charge in [0.25, 0.3) is 0 Å². The Kier molecular flexibility index (Phi) is 2.34. The van der Waals surface area contributed by atoms with Gasteiger partial charge >= 0.3 is 0 Å². The fraction of sp³-hybridized carbons (Fsp3) is 0. The van der Waals surface area contributed by atoms with Gasteiger partial charge in [0, 0.05) is 23.5 Å². The molecule has 3 rings (SSSR count). The SMILES string of the molecule is c1cncc(-c2ccccc2-c2nn[nH]n2)c1. The van der Waals surface area contributed by atoms with Crippen LogP contribution in [0, 0.1) is 0 Å². The molecule has 1 aromatic carbocycles. The first-order chi connectivity index (χ1) is 8.45. The first-order valence-electron chi connectivity index (χ1n) is 5.18. The number of aromatic nitrogens is 5. The van der Waals surface area contributed by atoms with Crippen LogP contribution >= 0.6 is 0 Å². The Hall–Kier alpha value is -2.56. The Morgan fingerprint density at radius 3 is 2.53 bits per heavy atom. The molecule has 0 fully saturated rings. The van der Waals surface area contributed by atoms with Crippen LogP contribution in [0.15, 0.2) is 48.8 Å². The molecular formula is C12H9N5. The van der Waals surface area contributed by atoms with Crippen molar-refractivity contribution in [1.82, 2.24) is 25.6 Å². The lowest BCUT2D eigenvalue weighted by Gasteiger charge is -2.05. The van der Waals surface area contributed by atoms with E-state index in [1.807, 2.05) is 42.6 Å². The minimum Gasteiger partial charge on any atom is -0.264 e. The fourth-order valence-corrected chi connectivity index (χ4v) is 1.73. The number of rotatable bonds is 2. The maximum absolute atomic E-state index is 4.12. The average Bonchev–Trinajstić information content (AvgIpc) is 2.94. The summed E-state index contributed by atoms with van der Waals surface area (Å²) in [7, 11) is 0. The smallest absolute Gasteiger partial charge is 0.205 e. The summed E-state index contributed by atoms with van der Waals surface area (Å²) in [5, 5.41) is 14.1. The van der Waals surface area contributed by atoms with E-state index in [9.17, 15) is 0 Å². The molecule has 0 amide bonds. The van der Waals surface area contributed by atoms with E-state index in [-0.39, 0.29) is 0 Å². The van der Waals surface area contributed by atoms with Crippen LogP contribution in [0.2, 0.25) is 0 Å². The minimum absolute atomic E-state index is 0.587.